The smallest absolute Gasteiger partial charge is 0.177 e. The zero-order chi connectivity index (χ0) is 16.5. The summed E-state index contributed by atoms with van der Waals surface area (Å²) in [5.41, 5.74) is 4.94. The highest BCUT2D eigenvalue weighted by Gasteiger charge is 2.09. The minimum atomic E-state index is 0.842. The minimum absolute atomic E-state index is 0.842. The number of aromatic nitrogens is 5. The molecule has 0 bridgehead atoms. The van der Waals surface area contributed by atoms with Gasteiger partial charge in [0.2, 0.25) is 0 Å². The third-order valence-corrected chi connectivity index (χ3v) is 4.24. The monoisotopic (exact) mass is 317 g/mol. The van der Waals surface area contributed by atoms with E-state index in [1.165, 1.54) is 5.39 Å². The van der Waals surface area contributed by atoms with E-state index in [1.807, 2.05) is 36.7 Å². The van der Waals surface area contributed by atoms with Crippen LogP contribution in [0.25, 0.3) is 16.6 Å². The molecule has 0 aliphatic heterocycles. The number of benzene rings is 1. The molecule has 0 N–H and O–H groups in total. The van der Waals surface area contributed by atoms with E-state index in [4.69, 9.17) is 4.98 Å². The number of hydrogen-bond acceptors (Lipinski definition) is 4. The molecule has 5 heteroatoms. The summed E-state index contributed by atoms with van der Waals surface area (Å²) in [6.45, 7) is 3.96. The van der Waals surface area contributed by atoms with Crippen LogP contribution >= 0.6 is 0 Å². The summed E-state index contributed by atoms with van der Waals surface area (Å²) in [4.78, 5) is 13.7. The maximum absolute atomic E-state index is 4.72. The lowest BCUT2D eigenvalue weighted by atomic mass is 10.1. The van der Waals surface area contributed by atoms with Crippen LogP contribution in [-0.2, 0) is 12.8 Å². The van der Waals surface area contributed by atoms with Gasteiger partial charge in [-0.25, -0.2) is 9.50 Å². The van der Waals surface area contributed by atoms with Gasteiger partial charge in [0.05, 0.1) is 16.9 Å². The largest absolute Gasteiger partial charge is 0.256 e. The van der Waals surface area contributed by atoms with Crippen LogP contribution in [0.3, 0.4) is 0 Å². The van der Waals surface area contributed by atoms with Crippen molar-refractivity contribution in [3.05, 3.63) is 65.5 Å². The molecule has 0 aliphatic rings. The summed E-state index contributed by atoms with van der Waals surface area (Å²) in [5, 5.41) is 5.78. The average molecular weight is 317 g/mol. The molecule has 0 amide bonds. The first-order chi connectivity index (χ1) is 11.7. The summed E-state index contributed by atoms with van der Waals surface area (Å²) < 4.78 is 1.88. The number of nitrogens with zero attached hydrogens (tertiary/aromatic N) is 5. The fraction of sp³-hybridized carbons (Fsp3) is 0.263. The molecule has 5 nitrogen and oxygen atoms in total. The molecule has 3 heterocycles. The summed E-state index contributed by atoms with van der Waals surface area (Å²) in [6, 6.07) is 12.5. The molecule has 1 aromatic carbocycles. The molecule has 24 heavy (non-hydrogen) atoms. The van der Waals surface area contributed by atoms with Crippen molar-refractivity contribution >= 4 is 16.6 Å². The van der Waals surface area contributed by atoms with Gasteiger partial charge >= 0.3 is 0 Å². The Labute approximate surface area is 140 Å². The molecule has 3 aromatic heterocycles. The Morgan fingerprint density at radius 3 is 2.71 bits per heavy atom. The van der Waals surface area contributed by atoms with Crippen LogP contribution in [0.4, 0.5) is 0 Å². The van der Waals surface area contributed by atoms with Gasteiger partial charge < -0.3 is 0 Å². The topological polar surface area (TPSA) is 56.0 Å². The van der Waals surface area contributed by atoms with E-state index in [1.54, 1.807) is 0 Å². The van der Waals surface area contributed by atoms with Crippen molar-refractivity contribution in [2.24, 2.45) is 0 Å². The molecule has 0 aliphatic carbocycles. The van der Waals surface area contributed by atoms with Gasteiger partial charge in [-0.05, 0) is 38.8 Å². The number of fused-ring (bicyclic) bond motifs is 2. The molecular weight excluding hydrogens is 298 g/mol. The van der Waals surface area contributed by atoms with Crippen molar-refractivity contribution in [1.82, 2.24) is 24.6 Å². The average Bonchev–Trinajstić information content (AvgIpc) is 3.04. The van der Waals surface area contributed by atoms with Gasteiger partial charge in [0.1, 0.15) is 0 Å². The molecular formula is C19H19N5. The van der Waals surface area contributed by atoms with Crippen molar-refractivity contribution in [2.75, 3.05) is 0 Å². The molecule has 0 saturated carbocycles. The first-order valence-electron chi connectivity index (χ1n) is 8.23. The van der Waals surface area contributed by atoms with Crippen LogP contribution in [0.1, 0.15) is 29.3 Å². The Kier molecular flexibility index (Phi) is 3.69. The summed E-state index contributed by atoms with van der Waals surface area (Å²) in [5.74, 6) is 0.870. The summed E-state index contributed by atoms with van der Waals surface area (Å²) in [6.07, 6.45) is 4.58. The number of aryl methyl sites for hydroxylation is 4. The van der Waals surface area contributed by atoms with Gasteiger partial charge in [0, 0.05) is 23.7 Å². The normalized spacial score (nSPS) is 11.4. The lowest BCUT2D eigenvalue weighted by Gasteiger charge is -2.02. The SMILES string of the molecule is Cc1ncc(C)n2nc(CCCc3ccc4ccccc4n3)nc12. The molecule has 120 valence electrons. The molecule has 0 saturated heterocycles. The molecule has 0 radical (unpaired) electrons. The van der Waals surface area contributed by atoms with Gasteiger partial charge in [-0.15, -0.1) is 0 Å². The van der Waals surface area contributed by atoms with E-state index >= 15 is 0 Å². The fourth-order valence-electron chi connectivity index (χ4n) is 2.92. The Hall–Kier alpha value is -2.82. The van der Waals surface area contributed by atoms with Crippen LogP contribution in [0.5, 0.6) is 0 Å². The van der Waals surface area contributed by atoms with Gasteiger partial charge in [-0.1, -0.05) is 24.3 Å². The van der Waals surface area contributed by atoms with Gasteiger partial charge in [0.15, 0.2) is 11.5 Å². The van der Waals surface area contributed by atoms with Crippen LogP contribution in [-0.4, -0.2) is 24.6 Å². The summed E-state index contributed by atoms with van der Waals surface area (Å²) in [7, 11) is 0. The minimum Gasteiger partial charge on any atom is -0.256 e. The van der Waals surface area contributed by atoms with Crippen LogP contribution in [0.2, 0.25) is 0 Å². The van der Waals surface area contributed by atoms with Gasteiger partial charge in [-0.3, -0.25) is 9.97 Å². The quantitative estimate of drug-likeness (QED) is 0.578. The fourth-order valence-corrected chi connectivity index (χ4v) is 2.92. The van der Waals surface area contributed by atoms with Crippen molar-refractivity contribution in [3.63, 3.8) is 0 Å². The number of pyridine rings is 1. The zero-order valence-electron chi connectivity index (χ0n) is 13.9. The standard InChI is InChI=1S/C19H19N5/c1-13-12-20-14(2)19-22-18(23-24(13)19)9-5-7-16-11-10-15-6-3-4-8-17(15)21-16/h3-4,6,8,10-12H,5,7,9H2,1-2H3. The molecule has 0 atom stereocenters. The van der Waals surface area contributed by atoms with Gasteiger partial charge in [-0.2, -0.15) is 5.10 Å². The van der Waals surface area contributed by atoms with E-state index < -0.39 is 0 Å². The first kappa shape index (κ1) is 14.8. The Bertz CT molecular complexity index is 980. The predicted octanol–water partition coefficient (Wildman–Crippen LogP) is 3.46. The molecule has 0 spiro atoms. The van der Waals surface area contributed by atoms with E-state index in [2.05, 4.69) is 39.3 Å². The van der Waals surface area contributed by atoms with Crippen molar-refractivity contribution < 1.29 is 0 Å². The second-order valence-corrected chi connectivity index (χ2v) is 6.10. The number of para-hydroxylation sites is 1. The number of hydrogen-bond donors (Lipinski definition) is 0. The van der Waals surface area contributed by atoms with Crippen molar-refractivity contribution in [2.45, 2.75) is 33.1 Å². The van der Waals surface area contributed by atoms with Crippen molar-refractivity contribution in [3.8, 4) is 0 Å². The molecule has 4 rings (SSSR count). The third kappa shape index (κ3) is 2.73. The molecule has 0 unspecified atom stereocenters. The molecule has 0 fully saturated rings. The van der Waals surface area contributed by atoms with Crippen LogP contribution in [0.15, 0.2) is 42.6 Å². The second kappa shape index (κ2) is 6.00. The third-order valence-electron chi connectivity index (χ3n) is 4.24. The lowest BCUT2D eigenvalue weighted by molar-refractivity contribution is 0.750. The maximum Gasteiger partial charge on any atom is 0.177 e. The first-order valence-corrected chi connectivity index (χ1v) is 8.23. The molecule has 4 aromatic rings. The Morgan fingerprint density at radius 1 is 0.958 bits per heavy atom. The Balaban J connectivity index is 1.48. The highest BCUT2D eigenvalue weighted by molar-refractivity contribution is 5.78. The lowest BCUT2D eigenvalue weighted by Crippen LogP contribution is -1.98. The van der Waals surface area contributed by atoms with Gasteiger partial charge in [0.25, 0.3) is 0 Å². The highest BCUT2D eigenvalue weighted by Crippen LogP contribution is 2.14. The van der Waals surface area contributed by atoms with E-state index in [9.17, 15) is 0 Å². The Morgan fingerprint density at radius 2 is 1.83 bits per heavy atom. The van der Waals surface area contributed by atoms with Crippen molar-refractivity contribution in [1.29, 1.82) is 0 Å². The second-order valence-electron chi connectivity index (χ2n) is 6.10. The zero-order valence-corrected chi connectivity index (χ0v) is 13.9. The summed E-state index contributed by atoms with van der Waals surface area (Å²) >= 11 is 0. The van der Waals surface area contributed by atoms with Crippen LogP contribution < -0.4 is 0 Å². The predicted molar refractivity (Wildman–Crippen MR) is 94.0 cm³/mol. The van der Waals surface area contributed by atoms with E-state index in [0.717, 1.165) is 53.3 Å². The maximum atomic E-state index is 4.72. The van der Waals surface area contributed by atoms with Crippen LogP contribution in [0, 0.1) is 13.8 Å². The van der Waals surface area contributed by atoms with E-state index in [-0.39, 0.29) is 0 Å². The van der Waals surface area contributed by atoms with E-state index in [0.29, 0.717) is 0 Å². The highest BCUT2D eigenvalue weighted by atomic mass is 15.3. The number of rotatable bonds is 4.